The molecular weight excluding hydrogens is 368 g/mol. The van der Waals surface area contributed by atoms with E-state index in [1.165, 1.54) is 17.5 Å². The second kappa shape index (κ2) is 8.18. The zero-order valence-corrected chi connectivity index (χ0v) is 16.2. The molecule has 148 valence electrons. The summed E-state index contributed by atoms with van der Waals surface area (Å²) in [7, 11) is 0. The van der Waals surface area contributed by atoms with Crippen LogP contribution < -0.4 is 10.2 Å². The van der Waals surface area contributed by atoms with E-state index in [0.717, 1.165) is 13.1 Å². The number of piperazine rings is 1. The van der Waals surface area contributed by atoms with E-state index in [2.05, 4.69) is 40.3 Å². The fourth-order valence-electron chi connectivity index (χ4n) is 3.34. The second-order valence-electron chi connectivity index (χ2n) is 6.98. The lowest BCUT2D eigenvalue weighted by Gasteiger charge is -2.35. The number of amides is 2. The lowest BCUT2D eigenvalue weighted by atomic mass is 10.2. The summed E-state index contributed by atoms with van der Waals surface area (Å²) in [6.45, 7) is 4.79. The molecule has 0 atom stereocenters. The van der Waals surface area contributed by atoms with Crippen molar-refractivity contribution in [3.05, 3.63) is 77.7 Å². The molecule has 0 aliphatic carbocycles. The monoisotopic (exact) mass is 390 g/mol. The van der Waals surface area contributed by atoms with Gasteiger partial charge in [0.25, 0.3) is 11.8 Å². The first-order chi connectivity index (χ1) is 14.1. The number of benzene rings is 2. The number of carbonyl (C=O) groups excluding carboxylic acids is 2. The fourth-order valence-corrected chi connectivity index (χ4v) is 3.34. The average Bonchev–Trinajstić information content (AvgIpc) is 3.22. The predicted molar refractivity (Wildman–Crippen MR) is 110 cm³/mol. The van der Waals surface area contributed by atoms with Crippen molar-refractivity contribution in [2.75, 3.05) is 36.4 Å². The third kappa shape index (κ3) is 4.29. The standard InChI is InChI=1S/C22H22N4O3/c1-16-6-5-9-18(14-16)25-10-12-26(13-11-25)21(28)19-15-29-22(23-19)24-20(27)17-7-3-2-4-8-17/h2-9,14-15H,10-13H2,1H3,(H,23,24,27). The van der Waals surface area contributed by atoms with Gasteiger partial charge in [-0.05, 0) is 36.8 Å². The minimum Gasteiger partial charge on any atom is -0.431 e. The normalized spacial score (nSPS) is 14.0. The van der Waals surface area contributed by atoms with E-state index in [0.29, 0.717) is 18.7 Å². The number of nitrogens with zero attached hydrogens (tertiary/aromatic N) is 3. The van der Waals surface area contributed by atoms with Gasteiger partial charge in [-0.15, -0.1) is 0 Å². The van der Waals surface area contributed by atoms with E-state index < -0.39 is 0 Å². The van der Waals surface area contributed by atoms with Gasteiger partial charge in [-0.2, -0.15) is 4.98 Å². The Morgan fingerprint density at radius 1 is 1.00 bits per heavy atom. The molecule has 0 bridgehead atoms. The Bertz CT molecular complexity index is 1010. The molecule has 29 heavy (non-hydrogen) atoms. The highest BCUT2D eigenvalue weighted by molar-refractivity contribution is 6.03. The van der Waals surface area contributed by atoms with Crippen LogP contribution in [-0.2, 0) is 0 Å². The van der Waals surface area contributed by atoms with E-state index in [1.807, 2.05) is 12.1 Å². The molecule has 0 saturated carbocycles. The van der Waals surface area contributed by atoms with E-state index >= 15 is 0 Å². The van der Waals surface area contributed by atoms with Gasteiger partial charge in [-0.1, -0.05) is 30.3 Å². The van der Waals surface area contributed by atoms with Gasteiger partial charge in [-0.25, -0.2) is 0 Å². The first-order valence-electron chi connectivity index (χ1n) is 9.53. The van der Waals surface area contributed by atoms with Crippen molar-refractivity contribution < 1.29 is 14.0 Å². The van der Waals surface area contributed by atoms with Crippen LogP contribution in [0.2, 0.25) is 0 Å². The van der Waals surface area contributed by atoms with Gasteiger partial charge in [0.15, 0.2) is 5.69 Å². The van der Waals surface area contributed by atoms with Gasteiger partial charge in [-0.3, -0.25) is 14.9 Å². The molecule has 2 aromatic carbocycles. The molecule has 7 heteroatoms. The second-order valence-corrected chi connectivity index (χ2v) is 6.98. The lowest BCUT2D eigenvalue weighted by Crippen LogP contribution is -2.48. The van der Waals surface area contributed by atoms with Crippen LogP contribution in [0.25, 0.3) is 0 Å². The summed E-state index contributed by atoms with van der Waals surface area (Å²) in [5.74, 6) is -0.531. The number of oxazole rings is 1. The molecule has 1 aliphatic heterocycles. The smallest absolute Gasteiger partial charge is 0.302 e. The third-order valence-corrected chi connectivity index (χ3v) is 4.91. The molecule has 2 heterocycles. The summed E-state index contributed by atoms with van der Waals surface area (Å²) in [6.07, 6.45) is 1.29. The summed E-state index contributed by atoms with van der Waals surface area (Å²) < 4.78 is 5.27. The summed E-state index contributed by atoms with van der Waals surface area (Å²) in [4.78, 5) is 33.1. The Labute approximate surface area is 169 Å². The summed E-state index contributed by atoms with van der Waals surface area (Å²) >= 11 is 0. The minimum absolute atomic E-state index is 0.0144. The summed E-state index contributed by atoms with van der Waals surface area (Å²) in [5, 5.41) is 2.57. The molecule has 1 saturated heterocycles. The van der Waals surface area contributed by atoms with Crippen molar-refractivity contribution in [2.45, 2.75) is 6.92 Å². The van der Waals surface area contributed by atoms with Gasteiger partial charge >= 0.3 is 6.01 Å². The highest BCUT2D eigenvalue weighted by Crippen LogP contribution is 2.19. The molecule has 0 spiro atoms. The molecule has 1 aliphatic rings. The number of rotatable bonds is 4. The van der Waals surface area contributed by atoms with Crippen molar-refractivity contribution in [3.8, 4) is 0 Å². The largest absolute Gasteiger partial charge is 0.431 e. The molecule has 4 rings (SSSR count). The van der Waals surface area contributed by atoms with Gasteiger partial charge in [0.2, 0.25) is 0 Å². The number of anilines is 2. The molecule has 1 aromatic heterocycles. The van der Waals surface area contributed by atoms with Crippen molar-refractivity contribution >= 4 is 23.5 Å². The van der Waals surface area contributed by atoms with E-state index in [1.54, 1.807) is 29.2 Å². The number of hydrogen-bond donors (Lipinski definition) is 1. The third-order valence-electron chi connectivity index (χ3n) is 4.91. The maximum atomic E-state index is 12.7. The molecule has 1 N–H and O–H groups in total. The maximum Gasteiger partial charge on any atom is 0.302 e. The Morgan fingerprint density at radius 3 is 2.48 bits per heavy atom. The topological polar surface area (TPSA) is 78.7 Å². The lowest BCUT2D eigenvalue weighted by molar-refractivity contribution is 0.0740. The van der Waals surface area contributed by atoms with Gasteiger partial charge < -0.3 is 14.2 Å². The fraction of sp³-hybridized carbons (Fsp3) is 0.227. The van der Waals surface area contributed by atoms with Gasteiger partial charge in [0, 0.05) is 37.4 Å². The van der Waals surface area contributed by atoms with Gasteiger partial charge in [0.1, 0.15) is 6.26 Å². The van der Waals surface area contributed by atoms with E-state index in [9.17, 15) is 9.59 Å². The zero-order valence-electron chi connectivity index (χ0n) is 16.2. The molecule has 0 unspecified atom stereocenters. The van der Waals surface area contributed by atoms with Crippen LogP contribution in [0.15, 0.2) is 65.3 Å². The maximum absolute atomic E-state index is 12.7. The first kappa shape index (κ1) is 18.7. The van der Waals surface area contributed by atoms with Crippen LogP contribution in [0.1, 0.15) is 26.4 Å². The molecule has 0 radical (unpaired) electrons. The number of hydrogen-bond acceptors (Lipinski definition) is 5. The quantitative estimate of drug-likeness (QED) is 0.740. The highest BCUT2D eigenvalue weighted by Gasteiger charge is 2.25. The zero-order chi connectivity index (χ0) is 20.2. The molecular formula is C22H22N4O3. The highest BCUT2D eigenvalue weighted by atomic mass is 16.4. The average molecular weight is 390 g/mol. The number of aromatic nitrogens is 1. The Kier molecular flexibility index (Phi) is 5.29. The minimum atomic E-state index is -0.335. The van der Waals surface area contributed by atoms with Crippen LogP contribution in [0, 0.1) is 6.92 Å². The number of aryl methyl sites for hydroxylation is 1. The van der Waals surface area contributed by atoms with E-state index in [-0.39, 0.29) is 23.5 Å². The Hall–Kier alpha value is -3.61. The van der Waals surface area contributed by atoms with Crippen LogP contribution in [0.3, 0.4) is 0 Å². The summed E-state index contributed by atoms with van der Waals surface area (Å²) in [6, 6.07) is 17.1. The molecule has 2 amide bonds. The predicted octanol–water partition coefficient (Wildman–Crippen LogP) is 3.20. The Balaban J connectivity index is 1.35. The van der Waals surface area contributed by atoms with Crippen molar-refractivity contribution in [3.63, 3.8) is 0 Å². The number of nitrogens with one attached hydrogen (secondary N) is 1. The van der Waals surface area contributed by atoms with Crippen molar-refractivity contribution in [1.29, 1.82) is 0 Å². The molecule has 1 fully saturated rings. The van der Waals surface area contributed by atoms with Crippen LogP contribution in [0.5, 0.6) is 0 Å². The van der Waals surface area contributed by atoms with Crippen molar-refractivity contribution in [1.82, 2.24) is 9.88 Å². The molecule has 7 nitrogen and oxygen atoms in total. The summed E-state index contributed by atoms with van der Waals surface area (Å²) in [5.41, 5.74) is 3.07. The van der Waals surface area contributed by atoms with Crippen molar-refractivity contribution in [2.24, 2.45) is 0 Å². The van der Waals surface area contributed by atoms with Crippen LogP contribution >= 0.6 is 0 Å². The SMILES string of the molecule is Cc1cccc(N2CCN(C(=O)c3coc(NC(=O)c4ccccc4)n3)CC2)c1. The Morgan fingerprint density at radius 2 is 1.76 bits per heavy atom. The van der Waals surface area contributed by atoms with E-state index in [4.69, 9.17) is 4.42 Å². The number of carbonyl (C=O) groups is 2. The van der Waals surface area contributed by atoms with Crippen LogP contribution in [-0.4, -0.2) is 47.9 Å². The first-order valence-corrected chi connectivity index (χ1v) is 9.53. The molecule has 3 aromatic rings. The van der Waals surface area contributed by atoms with Gasteiger partial charge in [0.05, 0.1) is 0 Å². The van der Waals surface area contributed by atoms with Crippen LogP contribution in [0.4, 0.5) is 11.7 Å².